The van der Waals surface area contributed by atoms with Gasteiger partial charge in [0.05, 0.1) is 35.3 Å². The van der Waals surface area contributed by atoms with Gasteiger partial charge in [0.25, 0.3) is 0 Å². The van der Waals surface area contributed by atoms with Crippen molar-refractivity contribution in [3.8, 4) is 0 Å². The van der Waals surface area contributed by atoms with E-state index in [4.69, 9.17) is 15.9 Å². The number of hydrogen-bond acceptors (Lipinski definition) is 5. The molecule has 0 atom stereocenters. The summed E-state index contributed by atoms with van der Waals surface area (Å²) in [5.41, 5.74) is 9.10. The molecule has 4 N–H and O–H groups in total. The van der Waals surface area contributed by atoms with Crippen LogP contribution in [0.5, 0.6) is 0 Å². The highest BCUT2D eigenvalue weighted by atomic mass is 16.4. The van der Waals surface area contributed by atoms with E-state index >= 15 is 0 Å². The average molecular weight is 358 g/mol. The van der Waals surface area contributed by atoms with Crippen LogP contribution in [-0.4, -0.2) is 32.9 Å². The van der Waals surface area contributed by atoms with E-state index in [1.807, 2.05) is 24.3 Å². The Kier molecular flexibility index (Phi) is 5.59. The van der Waals surface area contributed by atoms with E-state index in [2.05, 4.69) is 18.8 Å². The first kappa shape index (κ1) is 19.4. The smallest absolute Gasteiger partial charge is 0.303 e. The van der Waals surface area contributed by atoms with Gasteiger partial charge in [-0.25, -0.2) is 0 Å². The molecule has 0 saturated heterocycles. The second-order valence-electron chi connectivity index (χ2n) is 7.09. The fourth-order valence-electron chi connectivity index (χ4n) is 2.98. The van der Waals surface area contributed by atoms with Gasteiger partial charge in [-0.1, -0.05) is 32.0 Å². The van der Waals surface area contributed by atoms with Crippen LogP contribution < -0.4 is 5.73 Å². The second kappa shape index (κ2) is 7.51. The fourth-order valence-corrected chi connectivity index (χ4v) is 2.98. The zero-order chi connectivity index (χ0) is 19.5. The summed E-state index contributed by atoms with van der Waals surface area (Å²) in [6, 6.07) is 7.73. The zero-order valence-corrected chi connectivity index (χ0v) is 14.8. The highest BCUT2D eigenvalue weighted by Crippen LogP contribution is 2.38. The average Bonchev–Trinajstić information content (AvgIpc) is 2.52. The Morgan fingerprint density at radius 3 is 2.27 bits per heavy atom. The number of rotatable bonds is 3. The first-order valence-corrected chi connectivity index (χ1v) is 8.24. The number of nitrogens with zero attached hydrogens (tertiary/aromatic N) is 1. The monoisotopic (exact) mass is 358 g/mol. The lowest BCUT2D eigenvalue weighted by molar-refractivity contribution is -0.143. The summed E-state index contributed by atoms with van der Waals surface area (Å²) in [7, 11) is 0. The number of Topliss-reactive ketones (excluding diaryl/α,β-unsaturated/α-hetero) is 1. The van der Waals surface area contributed by atoms with Crippen molar-refractivity contribution < 1.29 is 24.6 Å². The summed E-state index contributed by atoms with van der Waals surface area (Å²) in [5, 5.41) is 16.7. The molecule has 0 spiro atoms. The van der Waals surface area contributed by atoms with Gasteiger partial charge in [0.2, 0.25) is 0 Å². The maximum absolute atomic E-state index is 12.2. The third-order valence-electron chi connectivity index (χ3n) is 4.12. The van der Waals surface area contributed by atoms with E-state index < -0.39 is 11.9 Å². The number of aromatic nitrogens is 1. The van der Waals surface area contributed by atoms with Crippen molar-refractivity contribution in [3.63, 3.8) is 0 Å². The number of carbonyl (C=O) groups excluding carboxylic acids is 1. The number of carboxylic acids is 2. The third-order valence-corrected chi connectivity index (χ3v) is 4.12. The minimum atomic E-state index is -1.08. The van der Waals surface area contributed by atoms with E-state index in [9.17, 15) is 14.4 Å². The molecule has 3 rings (SSSR count). The van der Waals surface area contributed by atoms with Gasteiger partial charge in [-0.3, -0.25) is 19.4 Å². The standard InChI is InChI=1S/C15H16N2O.C4H6O4/c1-15(2)7-11-13(12(18)8-15)14(16)9-5-3-4-6-10(9)17-11;5-3(6)1-2-4(7)8/h3-6H,7-8H2,1-2H3,(H2,16,17);1-2H2,(H,5,6)(H,7,8). The van der Waals surface area contributed by atoms with E-state index in [1.54, 1.807) is 0 Å². The van der Waals surface area contributed by atoms with Crippen LogP contribution in [0.1, 0.15) is 49.2 Å². The lowest BCUT2D eigenvalue weighted by atomic mass is 9.75. The number of fused-ring (bicyclic) bond motifs is 2. The number of hydrogen-bond donors (Lipinski definition) is 3. The molecule has 2 aromatic rings. The summed E-state index contributed by atoms with van der Waals surface area (Å²) in [6.45, 7) is 4.20. The minimum absolute atomic E-state index is 0.0218. The first-order valence-electron chi connectivity index (χ1n) is 8.24. The number of ketones is 1. The van der Waals surface area contributed by atoms with E-state index in [0.29, 0.717) is 17.7 Å². The van der Waals surface area contributed by atoms with Crippen molar-refractivity contribution in [2.24, 2.45) is 5.41 Å². The van der Waals surface area contributed by atoms with Crippen molar-refractivity contribution in [3.05, 3.63) is 35.5 Å². The van der Waals surface area contributed by atoms with Gasteiger partial charge >= 0.3 is 11.9 Å². The largest absolute Gasteiger partial charge is 0.481 e. The SMILES string of the molecule is CC1(C)CC(=O)c2c(nc3ccccc3c2N)C1.O=C(O)CCC(=O)O. The zero-order valence-electron chi connectivity index (χ0n) is 14.8. The lowest BCUT2D eigenvalue weighted by Gasteiger charge is -2.30. The Labute approximate surface area is 150 Å². The van der Waals surface area contributed by atoms with Crippen molar-refractivity contribution >= 4 is 34.3 Å². The van der Waals surface area contributed by atoms with E-state index in [1.165, 1.54) is 0 Å². The molecule has 0 bridgehead atoms. The van der Waals surface area contributed by atoms with E-state index in [-0.39, 0.29) is 24.0 Å². The summed E-state index contributed by atoms with van der Waals surface area (Å²) < 4.78 is 0. The van der Waals surface area contributed by atoms with Gasteiger partial charge in [-0.05, 0) is 17.9 Å². The van der Waals surface area contributed by atoms with Crippen molar-refractivity contribution in [2.45, 2.75) is 39.5 Å². The molecular formula is C19H22N2O5. The molecule has 1 aliphatic rings. The van der Waals surface area contributed by atoms with Gasteiger partial charge < -0.3 is 15.9 Å². The number of pyridine rings is 1. The molecule has 0 fully saturated rings. The van der Waals surface area contributed by atoms with Crippen LogP contribution in [0, 0.1) is 5.41 Å². The van der Waals surface area contributed by atoms with Gasteiger partial charge in [-0.15, -0.1) is 0 Å². The van der Waals surface area contributed by atoms with Crippen LogP contribution >= 0.6 is 0 Å². The highest BCUT2D eigenvalue weighted by Gasteiger charge is 2.33. The Morgan fingerprint density at radius 2 is 1.69 bits per heavy atom. The maximum atomic E-state index is 12.2. The molecule has 0 unspecified atom stereocenters. The molecule has 0 saturated carbocycles. The number of nitrogens with two attached hydrogens (primary N) is 1. The molecule has 0 aliphatic heterocycles. The van der Waals surface area contributed by atoms with Gasteiger partial charge in [0.1, 0.15) is 0 Å². The van der Waals surface area contributed by atoms with Crippen molar-refractivity contribution in [1.29, 1.82) is 0 Å². The van der Waals surface area contributed by atoms with Crippen LogP contribution in [0.15, 0.2) is 24.3 Å². The maximum Gasteiger partial charge on any atom is 0.303 e. The number of anilines is 1. The molecule has 1 aromatic carbocycles. The minimum Gasteiger partial charge on any atom is -0.481 e. The molecule has 7 heteroatoms. The van der Waals surface area contributed by atoms with Gasteiger partial charge in [0.15, 0.2) is 5.78 Å². The summed E-state index contributed by atoms with van der Waals surface area (Å²) >= 11 is 0. The number of para-hydroxylation sites is 1. The second-order valence-corrected chi connectivity index (χ2v) is 7.09. The summed E-state index contributed by atoms with van der Waals surface area (Å²) in [4.78, 5) is 36.1. The van der Waals surface area contributed by atoms with Crippen LogP contribution in [0.3, 0.4) is 0 Å². The predicted molar refractivity (Wildman–Crippen MR) is 97.1 cm³/mol. The molecule has 138 valence electrons. The molecule has 1 heterocycles. The molecule has 26 heavy (non-hydrogen) atoms. The Balaban J connectivity index is 0.000000260. The number of carbonyl (C=O) groups is 3. The van der Waals surface area contributed by atoms with Gasteiger partial charge in [-0.2, -0.15) is 0 Å². The van der Waals surface area contributed by atoms with Crippen LogP contribution in [-0.2, 0) is 16.0 Å². The topological polar surface area (TPSA) is 131 Å². The predicted octanol–water partition coefficient (Wildman–Crippen LogP) is 2.91. The van der Waals surface area contributed by atoms with E-state index in [0.717, 1.165) is 23.0 Å². The highest BCUT2D eigenvalue weighted by molar-refractivity contribution is 6.09. The van der Waals surface area contributed by atoms with Crippen molar-refractivity contribution in [2.75, 3.05) is 5.73 Å². The van der Waals surface area contributed by atoms with Crippen LogP contribution in [0.25, 0.3) is 10.9 Å². The normalized spacial score (nSPS) is 14.9. The molecule has 1 aromatic heterocycles. The Bertz CT molecular complexity index is 860. The van der Waals surface area contributed by atoms with Crippen molar-refractivity contribution in [1.82, 2.24) is 4.98 Å². The van der Waals surface area contributed by atoms with Crippen LogP contribution in [0.4, 0.5) is 5.69 Å². The fraction of sp³-hybridized carbons (Fsp3) is 0.368. The number of carboxylic acid groups (broad SMARTS) is 2. The summed E-state index contributed by atoms with van der Waals surface area (Å²) in [5.74, 6) is -2.03. The molecular weight excluding hydrogens is 336 g/mol. The number of nitrogen functional groups attached to an aromatic ring is 1. The first-order chi connectivity index (χ1) is 12.1. The summed E-state index contributed by atoms with van der Waals surface area (Å²) in [6.07, 6.45) is 0.762. The quantitative estimate of drug-likeness (QED) is 0.769. The molecule has 7 nitrogen and oxygen atoms in total. The Hall–Kier alpha value is -2.96. The number of benzene rings is 1. The molecule has 0 amide bonds. The molecule has 1 aliphatic carbocycles. The van der Waals surface area contributed by atoms with Crippen LogP contribution in [0.2, 0.25) is 0 Å². The molecule has 0 radical (unpaired) electrons. The third kappa shape index (κ3) is 4.56. The number of aliphatic carboxylic acids is 2. The lowest BCUT2D eigenvalue weighted by Crippen LogP contribution is -2.28. The van der Waals surface area contributed by atoms with Gasteiger partial charge in [0, 0.05) is 11.8 Å². The Morgan fingerprint density at radius 1 is 1.12 bits per heavy atom.